The van der Waals surface area contributed by atoms with Gasteiger partial charge in [-0.1, -0.05) is 11.6 Å². The number of hydrogen-bond donors (Lipinski definition) is 0. The minimum absolute atomic E-state index is 0.233. The average molecular weight is 275 g/mol. The molecule has 3 nitrogen and oxygen atoms in total. The highest BCUT2D eigenvalue weighted by Crippen LogP contribution is 2.26. The first kappa shape index (κ1) is 12.9. The number of nitrogens with zero attached hydrogens (tertiary/aromatic N) is 2. The number of pyridine rings is 1. The highest BCUT2D eigenvalue weighted by molar-refractivity contribution is 6.32. The summed E-state index contributed by atoms with van der Waals surface area (Å²) >= 11 is 11.8. The number of likely N-dealkylation sites (N-methyl/N-ethyl adjacent to an activating group) is 1. The summed E-state index contributed by atoms with van der Waals surface area (Å²) < 4.78 is 5.57. The van der Waals surface area contributed by atoms with Gasteiger partial charge in [0.15, 0.2) is 0 Å². The van der Waals surface area contributed by atoms with Crippen molar-refractivity contribution in [2.75, 3.05) is 18.6 Å². The quantitative estimate of drug-likeness (QED) is 0.793. The second-order valence-electron chi connectivity index (χ2n) is 4.31. The first-order valence-electron chi connectivity index (χ1n) is 5.68. The average Bonchev–Trinajstić information content (AvgIpc) is 2.75. The summed E-state index contributed by atoms with van der Waals surface area (Å²) in [5.74, 6) is 1.30. The van der Waals surface area contributed by atoms with E-state index < -0.39 is 0 Å². The van der Waals surface area contributed by atoms with Crippen molar-refractivity contribution < 1.29 is 4.74 Å². The van der Waals surface area contributed by atoms with Crippen molar-refractivity contribution in [3.05, 3.63) is 22.8 Å². The molecular weight excluding hydrogens is 259 g/mol. The third kappa shape index (κ3) is 2.67. The SMILES string of the molecule is CC1OCCC1N(C)c1cc(CCl)c(Cl)cn1. The van der Waals surface area contributed by atoms with Gasteiger partial charge >= 0.3 is 0 Å². The number of hydrogen-bond acceptors (Lipinski definition) is 3. The van der Waals surface area contributed by atoms with Crippen LogP contribution in [0.15, 0.2) is 12.3 Å². The van der Waals surface area contributed by atoms with Gasteiger partial charge < -0.3 is 9.64 Å². The molecule has 1 aliphatic heterocycles. The molecule has 0 saturated carbocycles. The fourth-order valence-corrected chi connectivity index (χ4v) is 2.62. The van der Waals surface area contributed by atoms with E-state index in [0.29, 0.717) is 16.9 Å². The predicted octanol–water partition coefficient (Wildman–Crippen LogP) is 3.09. The Balaban J connectivity index is 2.21. The number of ether oxygens (including phenoxy) is 1. The minimum Gasteiger partial charge on any atom is -0.376 e. The molecule has 0 spiro atoms. The van der Waals surface area contributed by atoms with Crippen LogP contribution in [0.4, 0.5) is 5.82 Å². The summed E-state index contributed by atoms with van der Waals surface area (Å²) in [5.41, 5.74) is 0.914. The zero-order chi connectivity index (χ0) is 12.4. The van der Waals surface area contributed by atoms with Gasteiger partial charge in [-0.3, -0.25) is 0 Å². The number of aromatic nitrogens is 1. The Bertz CT molecular complexity index is 400. The molecule has 1 saturated heterocycles. The van der Waals surface area contributed by atoms with Crippen molar-refractivity contribution in [1.82, 2.24) is 4.98 Å². The molecule has 2 atom stereocenters. The molecule has 2 heterocycles. The summed E-state index contributed by atoms with van der Waals surface area (Å²) in [4.78, 5) is 6.49. The normalized spacial score (nSPS) is 24.0. The molecule has 1 aromatic heterocycles. The van der Waals surface area contributed by atoms with Gasteiger partial charge in [0.25, 0.3) is 0 Å². The fraction of sp³-hybridized carbons (Fsp3) is 0.583. The van der Waals surface area contributed by atoms with Gasteiger partial charge in [-0.25, -0.2) is 4.98 Å². The molecule has 2 rings (SSSR count). The molecule has 1 aliphatic rings. The third-order valence-electron chi connectivity index (χ3n) is 3.26. The molecule has 1 aromatic rings. The lowest BCUT2D eigenvalue weighted by Crippen LogP contribution is -2.37. The van der Waals surface area contributed by atoms with Crippen LogP contribution in [0.2, 0.25) is 5.02 Å². The first-order chi connectivity index (χ1) is 8.13. The van der Waals surface area contributed by atoms with Crippen LogP contribution in [-0.2, 0) is 10.6 Å². The van der Waals surface area contributed by atoms with Gasteiger partial charge in [0.2, 0.25) is 0 Å². The number of alkyl halides is 1. The lowest BCUT2D eigenvalue weighted by atomic mass is 10.1. The maximum atomic E-state index is 6.00. The Labute approximate surface area is 112 Å². The van der Waals surface area contributed by atoms with E-state index in [1.54, 1.807) is 6.20 Å². The van der Waals surface area contributed by atoms with E-state index in [1.807, 2.05) is 13.1 Å². The second-order valence-corrected chi connectivity index (χ2v) is 4.98. The maximum Gasteiger partial charge on any atom is 0.128 e. The van der Waals surface area contributed by atoms with E-state index in [-0.39, 0.29) is 6.10 Å². The zero-order valence-corrected chi connectivity index (χ0v) is 11.5. The van der Waals surface area contributed by atoms with Crippen molar-refractivity contribution in [2.45, 2.75) is 31.4 Å². The van der Waals surface area contributed by atoms with Gasteiger partial charge in [0, 0.05) is 25.7 Å². The molecule has 1 fully saturated rings. The Morgan fingerprint density at radius 3 is 2.94 bits per heavy atom. The molecule has 0 bridgehead atoms. The monoisotopic (exact) mass is 274 g/mol. The largest absolute Gasteiger partial charge is 0.376 e. The van der Waals surface area contributed by atoms with E-state index in [2.05, 4.69) is 16.8 Å². The topological polar surface area (TPSA) is 25.4 Å². The van der Waals surface area contributed by atoms with Gasteiger partial charge in [-0.15, -0.1) is 11.6 Å². The van der Waals surface area contributed by atoms with E-state index in [1.165, 1.54) is 0 Å². The fourth-order valence-electron chi connectivity index (χ4n) is 2.16. The number of anilines is 1. The second kappa shape index (κ2) is 5.42. The van der Waals surface area contributed by atoms with Crippen LogP contribution in [-0.4, -0.2) is 30.8 Å². The lowest BCUT2D eigenvalue weighted by Gasteiger charge is -2.28. The van der Waals surface area contributed by atoms with Crippen molar-refractivity contribution >= 4 is 29.0 Å². The minimum atomic E-state index is 0.233. The Morgan fingerprint density at radius 2 is 2.35 bits per heavy atom. The third-order valence-corrected chi connectivity index (χ3v) is 3.89. The summed E-state index contributed by atoms with van der Waals surface area (Å²) in [6.45, 7) is 2.90. The van der Waals surface area contributed by atoms with Crippen molar-refractivity contribution in [1.29, 1.82) is 0 Å². The zero-order valence-electron chi connectivity index (χ0n) is 9.99. The number of halogens is 2. The molecule has 5 heteroatoms. The van der Waals surface area contributed by atoms with E-state index in [4.69, 9.17) is 27.9 Å². The molecule has 0 aliphatic carbocycles. The molecule has 94 valence electrons. The molecular formula is C12H16Cl2N2O. The van der Waals surface area contributed by atoms with E-state index >= 15 is 0 Å². The summed E-state index contributed by atoms with van der Waals surface area (Å²) in [7, 11) is 2.03. The Hall–Kier alpha value is -0.510. The van der Waals surface area contributed by atoms with Crippen molar-refractivity contribution in [3.8, 4) is 0 Å². The molecule has 0 amide bonds. The summed E-state index contributed by atoms with van der Waals surface area (Å²) in [6.07, 6.45) is 2.92. The summed E-state index contributed by atoms with van der Waals surface area (Å²) in [6, 6.07) is 2.31. The highest BCUT2D eigenvalue weighted by atomic mass is 35.5. The van der Waals surface area contributed by atoms with E-state index in [9.17, 15) is 0 Å². The van der Waals surface area contributed by atoms with Crippen molar-refractivity contribution in [2.24, 2.45) is 0 Å². The van der Waals surface area contributed by atoms with Crippen LogP contribution in [0.25, 0.3) is 0 Å². The Kier molecular flexibility index (Phi) is 4.13. The van der Waals surface area contributed by atoms with Crippen LogP contribution in [0, 0.1) is 0 Å². The standard InChI is InChI=1S/C12H16Cl2N2O/c1-8-11(3-4-17-8)16(2)12-5-9(6-13)10(14)7-15-12/h5,7-8,11H,3-4,6H2,1-2H3. The van der Waals surface area contributed by atoms with Crippen LogP contribution in [0.1, 0.15) is 18.9 Å². The van der Waals surface area contributed by atoms with E-state index in [0.717, 1.165) is 24.4 Å². The predicted molar refractivity (Wildman–Crippen MR) is 71.0 cm³/mol. The van der Waals surface area contributed by atoms with Crippen LogP contribution < -0.4 is 4.90 Å². The van der Waals surface area contributed by atoms with Crippen LogP contribution in [0.5, 0.6) is 0 Å². The summed E-state index contributed by atoms with van der Waals surface area (Å²) in [5, 5.41) is 0.618. The molecule has 0 N–H and O–H groups in total. The highest BCUT2D eigenvalue weighted by Gasteiger charge is 2.28. The van der Waals surface area contributed by atoms with Crippen LogP contribution in [0.3, 0.4) is 0 Å². The first-order valence-corrected chi connectivity index (χ1v) is 6.59. The molecule has 0 radical (unpaired) electrons. The van der Waals surface area contributed by atoms with Crippen molar-refractivity contribution in [3.63, 3.8) is 0 Å². The Morgan fingerprint density at radius 1 is 1.59 bits per heavy atom. The molecule has 0 aromatic carbocycles. The van der Waals surface area contributed by atoms with Gasteiger partial charge in [-0.2, -0.15) is 0 Å². The maximum absolute atomic E-state index is 6.00. The molecule has 17 heavy (non-hydrogen) atoms. The molecule has 2 unspecified atom stereocenters. The van der Waals surface area contributed by atoms with Crippen LogP contribution >= 0.6 is 23.2 Å². The van der Waals surface area contributed by atoms with Gasteiger partial charge in [0.05, 0.1) is 17.2 Å². The van der Waals surface area contributed by atoms with Gasteiger partial charge in [-0.05, 0) is 25.0 Å². The smallest absolute Gasteiger partial charge is 0.128 e. The lowest BCUT2D eigenvalue weighted by molar-refractivity contribution is 0.118. The van der Waals surface area contributed by atoms with Gasteiger partial charge in [0.1, 0.15) is 5.82 Å². The number of rotatable bonds is 3.